The second-order valence-electron chi connectivity index (χ2n) is 4.14. The van der Waals surface area contributed by atoms with Gasteiger partial charge in [0.25, 0.3) is 0 Å². The number of halogens is 1. The van der Waals surface area contributed by atoms with Gasteiger partial charge in [-0.3, -0.25) is 0 Å². The first-order valence-electron chi connectivity index (χ1n) is 5.55. The molecule has 3 nitrogen and oxygen atoms in total. The van der Waals surface area contributed by atoms with Crippen molar-refractivity contribution in [3.63, 3.8) is 0 Å². The highest BCUT2D eigenvalue weighted by molar-refractivity contribution is 5.59. The largest absolute Gasteiger partial charge is 0.495 e. The predicted molar refractivity (Wildman–Crippen MR) is 62.4 cm³/mol. The van der Waals surface area contributed by atoms with Crippen molar-refractivity contribution in [1.29, 1.82) is 0 Å². The van der Waals surface area contributed by atoms with Crippen LogP contribution in [0.1, 0.15) is 12.8 Å². The maximum absolute atomic E-state index is 13.2. The molecule has 0 aliphatic carbocycles. The zero-order valence-corrected chi connectivity index (χ0v) is 9.45. The summed E-state index contributed by atoms with van der Waals surface area (Å²) in [6.45, 7) is 1.72. The third-order valence-electron chi connectivity index (χ3n) is 3.02. The number of benzene rings is 1. The van der Waals surface area contributed by atoms with Crippen LogP contribution in [0.25, 0.3) is 0 Å². The van der Waals surface area contributed by atoms with Crippen molar-refractivity contribution < 1.29 is 9.13 Å². The molecule has 0 amide bonds. The molecule has 0 aromatic heterocycles. The quantitative estimate of drug-likeness (QED) is 0.832. The van der Waals surface area contributed by atoms with E-state index in [2.05, 4.69) is 4.90 Å². The molecule has 1 fully saturated rings. The Kier molecular flexibility index (Phi) is 3.29. The second kappa shape index (κ2) is 4.70. The summed E-state index contributed by atoms with van der Waals surface area (Å²) >= 11 is 0. The number of anilines is 1. The van der Waals surface area contributed by atoms with Gasteiger partial charge in [-0.05, 0) is 25.0 Å². The number of nitrogens with two attached hydrogens (primary N) is 1. The summed E-state index contributed by atoms with van der Waals surface area (Å²) in [5.74, 6) is 0.488. The number of rotatable bonds is 2. The molecule has 0 unspecified atom stereocenters. The zero-order chi connectivity index (χ0) is 11.5. The van der Waals surface area contributed by atoms with Gasteiger partial charge in [-0.2, -0.15) is 0 Å². The molecule has 2 N–H and O–H groups in total. The first-order valence-corrected chi connectivity index (χ1v) is 5.55. The van der Waals surface area contributed by atoms with Gasteiger partial charge in [0.1, 0.15) is 11.6 Å². The van der Waals surface area contributed by atoms with Crippen LogP contribution in [0.15, 0.2) is 18.2 Å². The van der Waals surface area contributed by atoms with E-state index < -0.39 is 0 Å². The summed E-state index contributed by atoms with van der Waals surface area (Å²) in [7, 11) is 1.60. The maximum Gasteiger partial charge on any atom is 0.142 e. The number of nitrogens with zero attached hydrogens (tertiary/aromatic N) is 1. The fourth-order valence-electron chi connectivity index (χ4n) is 2.05. The third-order valence-corrected chi connectivity index (χ3v) is 3.02. The number of hydrogen-bond acceptors (Lipinski definition) is 3. The van der Waals surface area contributed by atoms with E-state index in [0.29, 0.717) is 0 Å². The van der Waals surface area contributed by atoms with Crippen molar-refractivity contribution in [2.75, 3.05) is 25.1 Å². The molecule has 0 radical (unpaired) electrons. The van der Waals surface area contributed by atoms with Crippen molar-refractivity contribution in [3.8, 4) is 5.75 Å². The Balaban J connectivity index is 2.21. The highest BCUT2D eigenvalue weighted by Crippen LogP contribution is 2.30. The van der Waals surface area contributed by atoms with Crippen molar-refractivity contribution >= 4 is 5.69 Å². The summed E-state index contributed by atoms with van der Waals surface area (Å²) in [6.07, 6.45) is 1.89. The Hall–Kier alpha value is -1.29. The molecule has 0 atom stereocenters. The highest BCUT2D eigenvalue weighted by Gasteiger charge is 2.19. The summed E-state index contributed by atoms with van der Waals surface area (Å²) in [4.78, 5) is 2.13. The minimum Gasteiger partial charge on any atom is -0.495 e. The van der Waals surface area contributed by atoms with E-state index in [1.165, 1.54) is 12.1 Å². The molecular weight excluding hydrogens is 207 g/mol. The van der Waals surface area contributed by atoms with Crippen molar-refractivity contribution in [1.82, 2.24) is 0 Å². The van der Waals surface area contributed by atoms with E-state index in [0.717, 1.165) is 37.4 Å². The Bertz CT molecular complexity index is 362. The van der Waals surface area contributed by atoms with E-state index in [1.54, 1.807) is 13.2 Å². The fraction of sp³-hybridized carbons (Fsp3) is 0.500. The van der Waals surface area contributed by atoms with Crippen LogP contribution in [-0.2, 0) is 0 Å². The summed E-state index contributed by atoms with van der Waals surface area (Å²) < 4.78 is 18.4. The molecule has 1 saturated heterocycles. The smallest absolute Gasteiger partial charge is 0.142 e. The van der Waals surface area contributed by atoms with Gasteiger partial charge in [-0.1, -0.05) is 0 Å². The van der Waals surface area contributed by atoms with Crippen LogP contribution < -0.4 is 15.4 Å². The second-order valence-corrected chi connectivity index (χ2v) is 4.14. The molecule has 1 aliphatic rings. The van der Waals surface area contributed by atoms with Crippen LogP contribution >= 0.6 is 0 Å². The van der Waals surface area contributed by atoms with Crippen LogP contribution in [0.4, 0.5) is 10.1 Å². The lowest BCUT2D eigenvalue weighted by molar-refractivity contribution is 0.409. The van der Waals surface area contributed by atoms with Gasteiger partial charge in [-0.15, -0.1) is 0 Å². The molecule has 0 bridgehead atoms. The molecule has 0 spiro atoms. The van der Waals surface area contributed by atoms with Crippen LogP contribution in [0.3, 0.4) is 0 Å². The minimum absolute atomic E-state index is 0.231. The van der Waals surface area contributed by atoms with Crippen molar-refractivity contribution in [2.24, 2.45) is 5.73 Å². The average Bonchev–Trinajstić information content (AvgIpc) is 2.30. The number of piperidine rings is 1. The Morgan fingerprint density at radius 3 is 2.69 bits per heavy atom. The van der Waals surface area contributed by atoms with Crippen LogP contribution in [0, 0.1) is 5.82 Å². The van der Waals surface area contributed by atoms with Crippen molar-refractivity contribution in [2.45, 2.75) is 18.9 Å². The number of ether oxygens (including phenoxy) is 1. The molecule has 16 heavy (non-hydrogen) atoms. The van der Waals surface area contributed by atoms with Gasteiger partial charge in [-0.25, -0.2) is 4.39 Å². The SMILES string of the molecule is COc1ccc(F)cc1N1CCC(N)CC1. The Morgan fingerprint density at radius 1 is 1.38 bits per heavy atom. The van der Waals surface area contributed by atoms with Crippen LogP contribution in [0.2, 0.25) is 0 Å². The maximum atomic E-state index is 13.2. The fourth-order valence-corrected chi connectivity index (χ4v) is 2.05. The zero-order valence-electron chi connectivity index (χ0n) is 9.45. The predicted octanol–water partition coefficient (Wildman–Crippen LogP) is 1.76. The van der Waals surface area contributed by atoms with Gasteiger partial charge < -0.3 is 15.4 Å². The minimum atomic E-state index is -0.231. The summed E-state index contributed by atoms with van der Waals surface area (Å²) in [5.41, 5.74) is 6.67. The van der Waals surface area contributed by atoms with Crippen LogP contribution in [-0.4, -0.2) is 26.2 Å². The molecule has 2 rings (SSSR count). The Labute approximate surface area is 95.0 Å². The van der Waals surface area contributed by atoms with Crippen LogP contribution in [0.5, 0.6) is 5.75 Å². The molecule has 1 heterocycles. The third kappa shape index (κ3) is 2.27. The number of hydrogen-bond donors (Lipinski definition) is 1. The first kappa shape index (κ1) is 11.2. The van der Waals surface area contributed by atoms with Gasteiger partial charge in [0, 0.05) is 25.2 Å². The molecular formula is C12H17FN2O. The molecule has 1 aliphatic heterocycles. The van der Waals surface area contributed by atoms with E-state index in [1.807, 2.05) is 0 Å². The summed E-state index contributed by atoms with van der Waals surface area (Å²) in [5, 5.41) is 0. The van der Waals surface area contributed by atoms with Gasteiger partial charge in [0.15, 0.2) is 0 Å². The van der Waals surface area contributed by atoms with E-state index in [-0.39, 0.29) is 11.9 Å². The lowest BCUT2D eigenvalue weighted by atomic mass is 10.1. The molecule has 88 valence electrons. The first-order chi connectivity index (χ1) is 7.70. The van der Waals surface area contributed by atoms with Gasteiger partial charge in [0.05, 0.1) is 12.8 Å². The molecule has 1 aromatic rings. The summed E-state index contributed by atoms with van der Waals surface area (Å²) in [6, 6.07) is 4.88. The van der Waals surface area contributed by atoms with E-state index >= 15 is 0 Å². The average molecular weight is 224 g/mol. The molecule has 4 heteroatoms. The normalized spacial score (nSPS) is 17.6. The lowest BCUT2D eigenvalue weighted by Gasteiger charge is -2.32. The highest BCUT2D eigenvalue weighted by atomic mass is 19.1. The molecule has 0 saturated carbocycles. The standard InChI is InChI=1S/C12H17FN2O/c1-16-12-3-2-9(13)8-11(12)15-6-4-10(14)5-7-15/h2-3,8,10H,4-7,14H2,1H3. The lowest BCUT2D eigenvalue weighted by Crippen LogP contribution is -2.39. The van der Waals surface area contributed by atoms with E-state index in [9.17, 15) is 4.39 Å². The Morgan fingerprint density at radius 2 is 2.06 bits per heavy atom. The topological polar surface area (TPSA) is 38.5 Å². The van der Waals surface area contributed by atoms with Gasteiger partial charge in [0.2, 0.25) is 0 Å². The van der Waals surface area contributed by atoms with Gasteiger partial charge >= 0.3 is 0 Å². The number of methoxy groups -OCH3 is 1. The monoisotopic (exact) mass is 224 g/mol. The van der Waals surface area contributed by atoms with E-state index in [4.69, 9.17) is 10.5 Å². The molecule has 1 aromatic carbocycles. The van der Waals surface area contributed by atoms with Crippen molar-refractivity contribution in [3.05, 3.63) is 24.0 Å².